The van der Waals surface area contributed by atoms with Crippen LogP contribution in [-0.2, 0) is 17.9 Å². The fourth-order valence-electron chi connectivity index (χ4n) is 1.57. The van der Waals surface area contributed by atoms with Gasteiger partial charge in [-0.25, -0.2) is 0 Å². The smallest absolute Gasteiger partial charge is 0.0895 e. The van der Waals surface area contributed by atoms with E-state index < -0.39 is 0 Å². The fraction of sp³-hybridized carbons (Fsp3) is 0.667. The van der Waals surface area contributed by atoms with Crippen molar-refractivity contribution in [2.24, 2.45) is 0 Å². The van der Waals surface area contributed by atoms with Crippen molar-refractivity contribution in [2.75, 3.05) is 0 Å². The number of rotatable bonds is 7. The van der Waals surface area contributed by atoms with Crippen molar-refractivity contribution in [1.82, 2.24) is 10.3 Å². The van der Waals surface area contributed by atoms with Gasteiger partial charge in [0, 0.05) is 18.8 Å². The highest BCUT2D eigenvalue weighted by atomic mass is 16.5. The molecule has 0 aliphatic heterocycles. The van der Waals surface area contributed by atoms with Gasteiger partial charge in [-0.1, -0.05) is 13.0 Å². The SMILES string of the molecule is CCC(C)(C)OCc1ccc(CNC2CC2)cn1. The van der Waals surface area contributed by atoms with Gasteiger partial charge < -0.3 is 10.1 Å². The van der Waals surface area contributed by atoms with Crippen LogP contribution in [0.15, 0.2) is 18.3 Å². The average molecular weight is 248 g/mol. The molecule has 0 aromatic carbocycles. The Morgan fingerprint density at radius 2 is 2.17 bits per heavy atom. The number of ether oxygens (including phenoxy) is 1. The maximum absolute atomic E-state index is 5.83. The van der Waals surface area contributed by atoms with Crippen LogP contribution < -0.4 is 5.32 Å². The maximum atomic E-state index is 5.83. The van der Waals surface area contributed by atoms with E-state index in [1.165, 1.54) is 18.4 Å². The summed E-state index contributed by atoms with van der Waals surface area (Å²) in [4.78, 5) is 4.45. The van der Waals surface area contributed by atoms with E-state index in [0.717, 1.165) is 24.7 Å². The summed E-state index contributed by atoms with van der Waals surface area (Å²) in [6.45, 7) is 7.89. The van der Waals surface area contributed by atoms with Gasteiger partial charge in [0.25, 0.3) is 0 Å². The predicted molar refractivity (Wildman–Crippen MR) is 73.3 cm³/mol. The molecular formula is C15H24N2O. The molecular weight excluding hydrogens is 224 g/mol. The van der Waals surface area contributed by atoms with Crippen LogP contribution in [0.25, 0.3) is 0 Å². The van der Waals surface area contributed by atoms with Crippen molar-refractivity contribution < 1.29 is 4.74 Å². The van der Waals surface area contributed by atoms with Gasteiger partial charge in [0.1, 0.15) is 0 Å². The highest BCUT2D eigenvalue weighted by Crippen LogP contribution is 2.19. The topological polar surface area (TPSA) is 34.1 Å². The Bertz CT molecular complexity index is 369. The monoisotopic (exact) mass is 248 g/mol. The fourth-order valence-corrected chi connectivity index (χ4v) is 1.57. The van der Waals surface area contributed by atoms with Crippen molar-refractivity contribution in [2.45, 2.75) is 64.8 Å². The normalized spacial score (nSPS) is 15.9. The molecule has 0 saturated heterocycles. The van der Waals surface area contributed by atoms with Gasteiger partial charge in [-0.15, -0.1) is 0 Å². The van der Waals surface area contributed by atoms with E-state index in [1.54, 1.807) is 0 Å². The molecule has 100 valence electrons. The number of aromatic nitrogens is 1. The summed E-state index contributed by atoms with van der Waals surface area (Å²) in [5, 5.41) is 3.49. The summed E-state index contributed by atoms with van der Waals surface area (Å²) < 4.78 is 5.83. The highest BCUT2D eigenvalue weighted by Gasteiger charge is 2.20. The molecule has 0 atom stereocenters. The number of hydrogen-bond acceptors (Lipinski definition) is 3. The van der Waals surface area contributed by atoms with Gasteiger partial charge >= 0.3 is 0 Å². The van der Waals surface area contributed by atoms with Crippen LogP contribution in [0.3, 0.4) is 0 Å². The molecule has 2 rings (SSSR count). The van der Waals surface area contributed by atoms with E-state index in [9.17, 15) is 0 Å². The molecule has 1 aliphatic carbocycles. The molecule has 0 radical (unpaired) electrons. The first kappa shape index (κ1) is 13.5. The second-order valence-electron chi connectivity index (χ2n) is 5.71. The first-order valence-electron chi connectivity index (χ1n) is 6.90. The van der Waals surface area contributed by atoms with Crippen molar-refractivity contribution in [3.05, 3.63) is 29.6 Å². The first-order valence-corrected chi connectivity index (χ1v) is 6.90. The van der Waals surface area contributed by atoms with E-state index in [-0.39, 0.29) is 5.60 Å². The van der Waals surface area contributed by atoms with Crippen LogP contribution in [0.2, 0.25) is 0 Å². The molecule has 0 bridgehead atoms. The Morgan fingerprint density at radius 3 is 2.72 bits per heavy atom. The van der Waals surface area contributed by atoms with Crippen molar-refractivity contribution in [1.29, 1.82) is 0 Å². The van der Waals surface area contributed by atoms with Gasteiger partial charge in [-0.2, -0.15) is 0 Å². The third kappa shape index (κ3) is 4.39. The van der Waals surface area contributed by atoms with Crippen molar-refractivity contribution in [3.63, 3.8) is 0 Å². The van der Waals surface area contributed by atoms with Gasteiger partial charge in [0.15, 0.2) is 0 Å². The molecule has 0 unspecified atom stereocenters. The van der Waals surface area contributed by atoms with Crippen molar-refractivity contribution in [3.8, 4) is 0 Å². The molecule has 0 spiro atoms. The zero-order valence-corrected chi connectivity index (χ0v) is 11.7. The van der Waals surface area contributed by atoms with E-state index in [2.05, 4.69) is 43.2 Å². The lowest BCUT2D eigenvalue weighted by Gasteiger charge is -2.23. The lowest BCUT2D eigenvalue weighted by molar-refractivity contribution is -0.0330. The molecule has 1 heterocycles. The summed E-state index contributed by atoms with van der Waals surface area (Å²) >= 11 is 0. The lowest BCUT2D eigenvalue weighted by Crippen LogP contribution is -2.23. The van der Waals surface area contributed by atoms with Gasteiger partial charge in [0.05, 0.1) is 17.9 Å². The summed E-state index contributed by atoms with van der Waals surface area (Å²) in [5.74, 6) is 0. The van der Waals surface area contributed by atoms with Crippen LogP contribution >= 0.6 is 0 Å². The molecule has 3 nitrogen and oxygen atoms in total. The number of nitrogens with one attached hydrogen (secondary N) is 1. The van der Waals surface area contributed by atoms with Crippen LogP contribution in [0, 0.1) is 0 Å². The molecule has 1 saturated carbocycles. The zero-order valence-electron chi connectivity index (χ0n) is 11.7. The summed E-state index contributed by atoms with van der Waals surface area (Å²) in [6, 6.07) is 4.95. The molecule has 1 fully saturated rings. The maximum Gasteiger partial charge on any atom is 0.0895 e. The second-order valence-corrected chi connectivity index (χ2v) is 5.71. The average Bonchev–Trinajstić information content (AvgIpc) is 3.19. The quantitative estimate of drug-likeness (QED) is 0.805. The summed E-state index contributed by atoms with van der Waals surface area (Å²) in [6.07, 6.45) is 5.61. The highest BCUT2D eigenvalue weighted by molar-refractivity contribution is 5.14. The van der Waals surface area contributed by atoms with Crippen LogP contribution in [0.4, 0.5) is 0 Å². The van der Waals surface area contributed by atoms with Crippen LogP contribution in [0.1, 0.15) is 51.3 Å². The number of nitrogens with zero attached hydrogens (tertiary/aromatic N) is 1. The zero-order chi connectivity index (χ0) is 13.0. The molecule has 1 aromatic rings. The molecule has 0 amide bonds. The third-order valence-electron chi connectivity index (χ3n) is 3.52. The van der Waals surface area contributed by atoms with Crippen LogP contribution in [-0.4, -0.2) is 16.6 Å². The van der Waals surface area contributed by atoms with E-state index in [4.69, 9.17) is 4.74 Å². The Kier molecular flexibility index (Phi) is 4.36. The van der Waals surface area contributed by atoms with Crippen LogP contribution in [0.5, 0.6) is 0 Å². The summed E-state index contributed by atoms with van der Waals surface area (Å²) in [7, 11) is 0. The Morgan fingerprint density at radius 1 is 1.39 bits per heavy atom. The third-order valence-corrected chi connectivity index (χ3v) is 3.52. The molecule has 18 heavy (non-hydrogen) atoms. The van der Waals surface area contributed by atoms with Gasteiger partial charge in [0.2, 0.25) is 0 Å². The van der Waals surface area contributed by atoms with E-state index in [1.807, 2.05) is 6.20 Å². The lowest BCUT2D eigenvalue weighted by atomic mass is 10.1. The standard InChI is InChI=1S/C15H24N2O/c1-4-15(2,3)18-11-14-6-5-12(10-17-14)9-16-13-7-8-13/h5-6,10,13,16H,4,7-9,11H2,1-3H3. The summed E-state index contributed by atoms with van der Waals surface area (Å²) in [5.41, 5.74) is 2.19. The molecule has 1 aliphatic rings. The minimum atomic E-state index is -0.0616. The first-order chi connectivity index (χ1) is 8.59. The van der Waals surface area contributed by atoms with E-state index >= 15 is 0 Å². The largest absolute Gasteiger partial charge is 0.369 e. The van der Waals surface area contributed by atoms with Gasteiger partial charge in [-0.05, 0) is 44.7 Å². The molecule has 1 aromatic heterocycles. The van der Waals surface area contributed by atoms with Gasteiger partial charge in [-0.3, -0.25) is 4.98 Å². The van der Waals surface area contributed by atoms with E-state index in [0.29, 0.717) is 6.61 Å². The Balaban J connectivity index is 1.79. The number of hydrogen-bond donors (Lipinski definition) is 1. The number of pyridine rings is 1. The Labute approximate surface area is 110 Å². The minimum Gasteiger partial charge on any atom is -0.369 e. The minimum absolute atomic E-state index is 0.0616. The van der Waals surface area contributed by atoms with Crippen molar-refractivity contribution >= 4 is 0 Å². The second kappa shape index (κ2) is 5.81. The molecule has 3 heteroatoms. The predicted octanol–water partition coefficient (Wildman–Crippen LogP) is 3.04. The molecule has 1 N–H and O–H groups in total. The Hall–Kier alpha value is -0.930.